The number of carbonyl (C=O) groups is 1. The van der Waals surface area contributed by atoms with Gasteiger partial charge < -0.3 is 10.0 Å². The van der Waals surface area contributed by atoms with Crippen molar-refractivity contribution >= 4 is 12.0 Å². The number of aliphatic hydroxyl groups excluding tert-OH is 1. The molecule has 0 heterocycles. The van der Waals surface area contributed by atoms with Crippen LogP contribution in [0.2, 0.25) is 0 Å². The van der Waals surface area contributed by atoms with Gasteiger partial charge in [0.1, 0.15) is 6.29 Å². The molecule has 0 saturated heterocycles. The predicted molar refractivity (Wildman–Crippen MR) is 68.6 cm³/mol. The summed E-state index contributed by atoms with van der Waals surface area (Å²) in [7, 11) is 0. The van der Waals surface area contributed by atoms with Crippen LogP contribution in [0.4, 0.5) is 5.69 Å². The van der Waals surface area contributed by atoms with Crippen LogP contribution in [0.15, 0.2) is 18.2 Å². The Labute approximate surface area is 102 Å². The number of aryl methyl sites for hydroxylation is 1. The maximum Gasteiger partial charge on any atom is 0.150 e. The number of rotatable bonds is 5. The van der Waals surface area contributed by atoms with Crippen molar-refractivity contribution in [2.45, 2.75) is 32.2 Å². The summed E-state index contributed by atoms with van der Waals surface area (Å²) in [6, 6.07) is 6.44. The van der Waals surface area contributed by atoms with Crippen LogP contribution in [0.3, 0.4) is 0 Å². The van der Waals surface area contributed by atoms with Crippen LogP contribution in [0.25, 0.3) is 0 Å². The third kappa shape index (κ3) is 2.50. The highest BCUT2D eigenvalue weighted by molar-refractivity contribution is 5.78. The van der Waals surface area contributed by atoms with Crippen molar-refractivity contribution in [1.82, 2.24) is 0 Å². The van der Waals surface area contributed by atoms with E-state index in [-0.39, 0.29) is 6.61 Å². The molecule has 1 fully saturated rings. The van der Waals surface area contributed by atoms with E-state index in [9.17, 15) is 4.79 Å². The Kier molecular flexibility index (Phi) is 3.79. The van der Waals surface area contributed by atoms with Crippen molar-refractivity contribution < 1.29 is 9.90 Å². The standard InChI is InChI=1S/C14H19NO2/c1-11-9-14(6-5-12(11)10-17)15(7-8-16)13-3-2-4-13/h5-6,9-10,13,16H,2-4,7-8H2,1H3. The summed E-state index contributed by atoms with van der Waals surface area (Å²) in [5.41, 5.74) is 2.86. The van der Waals surface area contributed by atoms with Crippen molar-refractivity contribution in [3.8, 4) is 0 Å². The highest BCUT2D eigenvalue weighted by Gasteiger charge is 2.24. The van der Waals surface area contributed by atoms with Crippen LogP contribution in [-0.2, 0) is 0 Å². The highest BCUT2D eigenvalue weighted by atomic mass is 16.3. The lowest BCUT2D eigenvalue weighted by atomic mass is 9.91. The van der Waals surface area contributed by atoms with Crippen LogP contribution in [0.5, 0.6) is 0 Å². The summed E-state index contributed by atoms with van der Waals surface area (Å²) in [5, 5.41) is 9.14. The molecule has 0 unspecified atom stereocenters. The average molecular weight is 233 g/mol. The maximum absolute atomic E-state index is 10.8. The molecule has 0 spiro atoms. The molecular weight excluding hydrogens is 214 g/mol. The second kappa shape index (κ2) is 5.32. The highest BCUT2D eigenvalue weighted by Crippen LogP contribution is 2.30. The molecule has 3 heteroatoms. The van der Waals surface area contributed by atoms with Gasteiger partial charge in [0.25, 0.3) is 0 Å². The molecule has 0 aliphatic heterocycles. The topological polar surface area (TPSA) is 40.5 Å². The zero-order valence-electron chi connectivity index (χ0n) is 10.2. The van der Waals surface area contributed by atoms with Crippen LogP contribution < -0.4 is 4.90 Å². The number of aldehydes is 1. The summed E-state index contributed by atoms with van der Waals surface area (Å²) in [4.78, 5) is 13.0. The van der Waals surface area contributed by atoms with Crippen LogP contribution >= 0.6 is 0 Å². The molecule has 0 bridgehead atoms. The molecule has 0 aromatic heterocycles. The molecule has 0 atom stereocenters. The Morgan fingerprint density at radius 2 is 2.24 bits per heavy atom. The second-order valence-electron chi connectivity index (χ2n) is 4.66. The molecule has 17 heavy (non-hydrogen) atoms. The van der Waals surface area contributed by atoms with E-state index in [1.165, 1.54) is 19.3 Å². The van der Waals surface area contributed by atoms with Crippen molar-refractivity contribution in [3.05, 3.63) is 29.3 Å². The van der Waals surface area contributed by atoms with E-state index in [0.29, 0.717) is 12.6 Å². The minimum absolute atomic E-state index is 0.172. The molecule has 0 amide bonds. The lowest BCUT2D eigenvalue weighted by Crippen LogP contribution is -2.42. The number of aliphatic hydroxyl groups is 1. The van der Waals surface area contributed by atoms with Gasteiger partial charge >= 0.3 is 0 Å². The smallest absolute Gasteiger partial charge is 0.150 e. The Hall–Kier alpha value is -1.35. The van der Waals surface area contributed by atoms with E-state index in [2.05, 4.69) is 4.90 Å². The Morgan fingerprint density at radius 1 is 1.47 bits per heavy atom. The van der Waals surface area contributed by atoms with E-state index in [0.717, 1.165) is 23.1 Å². The lowest BCUT2D eigenvalue weighted by molar-refractivity contribution is 0.112. The molecule has 1 N–H and O–H groups in total. The molecule has 2 rings (SSSR count). The van der Waals surface area contributed by atoms with E-state index in [1.54, 1.807) is 0 Å². The Balaban J connectivity index is 2.22. The van der Waals surface area contributed by atoms with Crippen LogP contribution in [0.1, 0.15) is 35.2 Å². The van der Waals surface area contributed by atoms with Gasteiger partial charge in [-0.25, -0.2) is 0 Å². The van der Waals surface area contributed by atoms with Crippen molar-refractivity contribution in [2.24, 2.45) is 0 Å². The average Bonchev–Trinajstić information content (AvgIpc) is 2.26. The van der Waals surface area contributed by atoms with E-state index < -0.39 is 0 Å². The summed E-state index contributed by atoms with van der Waals surface area (Å²) >= 11 is 0. The number of benzene rings is 1. The van der Waals surface area contributed by atoms with Crippen LogP contribution in [0, 0.1) is 6.92 Å². The van der Waals surface area contributed by atoms with Gasteiger partial charge in [-0.3, -0.25) is 4.79 Å². The molecular formula is C14H19NO2. The molecule has 92 valence electrons. The lowest BCUT2D eigenvalue weighted by Gasteiger charge is -2.39. The minimum atomic E-state index is 0.172. The van der Waals surface area contributed by atoms with Gasteiger partial charge in [0.15, 0.2) is 0 Å². The number of carbonyl (C=O) groups excluding carboxylic acids is 1. The van der Waals surface area contributed by atoms with Gasteiger partial charge in [0.05, 0.1) is 6.61 Å². The molecule has 3 nitrogen and oxygen atoms in total. The number of hydrogen-bond donors (Lipinski definition) is 1. The largest absolute Gasteiger partial charge is 0.395 e. The van der Waals surface area contributed by atoms with Gasteiger partial charge in [-0.1, -0.05) is 0 Å². The first-order valence-electron chi connectivity index (χ1n) is 6.19. The fourth-order valence-corrected chi connectivity index (χ4v) is 2.30. The Morgan fingerprint density at radius 3 is 2.71 bits per heavy atom. The normalized spacial score (nSPS) is 15.4. The number of nitrogens with zero attached hydrogens (tertiary/aromatic N) is 1. The molecule has 1 aliphatic carbocycles. The van der Waals surface area contributed by atoms with E-state index in [1.807, 2.05) is 25.1 Å². The summed E-state index contributed by atoms with van der Waals surface area (Å²) in [6.45, 7) is 2.79. The number of anilines is 1. The molecule has 1 aromatic rings. The van der Waals surface area contributed by atoms with E-state index >= 15 is 0 Å². The number of hydrogen-bond acceptors (Lipinski definition) is 3. The molecule has 0 radical (unpaired) electrons. The first kappa shape index (κ1) is 12.1. The fourth-order valence-electron chi connectivity index (χ4n) is 2.30. The SMILES string of the molecule is Cc1cc(N(CCO)C2CCC2)ccc1C=O. The van der Waals surface area contributed by atoms with Crippen molar-refractivity contribution in [2.75, 3.05) is 18.1 Å². The monoisotopic (exact) mass is 233 g/mol. The summed E-state index contributed by atoms with van der Waals surface area (Å²) < 4.78 is 0. The first-order chi connectivity index (χ1) is 8.26. The maximum atomic E-state index is 10.8. The summed E-state index contributed by atoms with van der Waals surface area (Å²) in [5.74, 6) is 0. The third-order valence-electron chi connectivity index (χ3n) is 3.57. The van der Waals surface area contributed by atoms with Crippen molar-refractivity contribution in [3.63, 3.8) is 0 Å². The van der Waals surface area contributed by atoms with Crippen LogP contribution in [-0.4, -0.2) is 30.6 Å². The quantitative estimate of drug-likeness (QED) is 0.792. The molecule has 1 aliphatic rings. The second-order valence-corrected chi connectivity index (χ2v) is 4.66. The molecule has 1 saturated carbocycles. The van der Waals surface area contributed by atoms with Gasteiger partial charge in [0.2, 0.25) is 0 Å². The molecule has 1 aromatic carbocycles. The van der Waals surface area contributed by atoms with Gasteiger partial charge in [-0.2, -0.15) is 0 Å². The zero-order chi connectivity index (χ0) is 12.3. The third-order valence-corrected chi connectivity index (χ3v) is 3.57. The first-order valence-corrected chi connectivity index (χ1v) is 6.19. The van der Waals surface area contributed by atoms with Gasteiger partial charge in [0, 0.05) is 23.8 Å². The van der Waals surface area contributed by atoms with E-state index in [4.69, 9.17) is 5.11 Å². The zero-order valence-corrected chi connectivity index (χ0v) is 10.2. The van der Waals surface area contributed by atoms with Gasteiger partial charge in [-0.05, 0) is 49.9 Å². The predicted octanol–water partition coefficient (Wildman–Crippen LogP) is 2.16. The van der Waals surface area contributed by atoms with Gasteiger partial charge in [-0.15, -0.1) is 0 Å². The minimum Gasteiger partial charge on any atom is -0.395 e. The Bertz CT molecular complexity index is 399. The van der Waals surface area contributed by atoms with Crippen molar-refractivity contribution in [1.29, 1.82) is 0 Å². The fraction of sp³-hybridized carbons (Fsp3) is 0.500. The summed E-state index contributed by atoms with van der Waals surface area (Å²) in [6.07, 6.45) is 4.57.